The van der Waals surface area contributed by atoms with Crippen LogP contribution in [-0.4, -0.2) is 26.8 Å². The lowest BCUT2D eigenvalue weighted by Crippen LogP contribution is -2.26. The molecule has 122 valence electrons. The Bertz CT molecular complexity index is 852. The average molecular weight is 325 g/mol. The number of carbonyl (C=O) groups is 2. The lowest BCUT2D eigenvalue weighted by Gasteiger charge is -2.14. The molecule has 0 radical (unpaired) electrons. The van der Waals surface area contributed by atoms with Gasteiger partial charge >= 0.3 is 0 Å². The Morgan fingerprint density at radius 3 is 2.58 bits per heavy atom. The largest absolute Gasteiger partial charge is 0.472 e. The van der Waals surface area contributed by atoms with Crippen LogP contribution in [0.2, 0.25) is 0 Å². The van der Waals surface area contributed by atoms with Gasteiger partial charge in [-0.25, -0.2) is 4.68 Å². The summed E-state index contributed by atoms with van der Waals surface area (Å²) in [5, 5.41) is 10.4. The van der Waals surface area contributed by atoms with Crippen molar-refractivity contribution in [2.75, 3.05) is 0 Å². The third kappa shape index (κ3) is 3.17. The number of hydrogen-bond acceptors (Lipinski definition) is 5. The molecule has 8 heteroatoms. The van der Waals surface area contributed by atoms with Gasteiger partial charge in [-0.05, 0) is 30.7 Å². The molecule has 8 nitrogen and oxygen atoms in total. The highest BCUT2D eigenvalue weighted by Gasteiger charge is 2.13. The first-order chi connectivity index (χ1) is 11.5. The Hall–Kier alpha value is -3.42. The summed E-state index contributed by atoms with van der Waals surface area (Å²) >= 11 is 0. The number of nitrogens with zero attached hydrogens (tertiary/aromatic N) is 3. The van der Waals surface area contributed by atoms with Gasteiger partial charge in [0.1, 0.15) is 6.26 Å². The Labute approximate surface area is 137 Å². The highest BCUT2D eigenvalue weighted by Crippen LogP contribution is 2.16. The maximum atomic E-state index is 12.0. The van der Waals surface area contributed by atoms with Crippen molar-refractivity contribution >= 4 is 11.8 Å². The summed E-state index contributed by atoms with van der Waals surface area (Å²) in [6.45, 7) is 1.88. The zero-order valence-electron chi connectivity index (χ0n) is 12.8. The Morgan fingerprint density at radius 1 is 1.25 bits per heavy atom. The van der Waals surface area contributed by atoms with Crippen LogP contribution in [0.3, 0.4) is 0 Å². The molecule has 0 spiro atoms. The second-order valence-corrected chi connectivity index (χ2v) is 5.21. The fourth-order valence-corrected chi connectivity index (χ4v) is 2.18. The van der Waals surface area contributed by atoms with Crippen LogP contribution in [0.1, 0.15) is 39.4 Å². The van der Waals surface area contributed by atoms with Crippen molar-refractivity contribution in [3.8, 4) is 5.69 Å². The molecule has 3 rings (SSSR count). The summed E-state index contributed by atoms with van der Waals surface area (Å²) in [5.41, 5.74) is 7.37. The number of aromatic nitrogens is 3. The van der Waals surface area contributed by atoms with E-state index in [1.807, 2.05) is 31.2 Å². The fourth-order valence-electron chi connectivity index (χ4n) is 2.18. The zero-order valence-corrected chi connectivity index (χ0v) is 12.8. The topological polar surface area (TPSA) is 116 Å². The van der Waals surface area contributed by atoms with E-state index < -0.39 is 5.91 Å². The summed E-state index contributed by atoms with van der Waals surface area (Å²) in [5.74, 6) is -0.837. The SMILES string of the molecule is C[C@@H](NC(=O)c1ccoc1)c1ccc(-n2cc(C(N)=O)nn2)cc1. The molecule has 1 atom stereocenters. The smallest absolute Gasteiger partial charge is 0.270 e. The first-order valence-electron chi connectivity index (χ1n) is 7.20. The molecule has 1 aromatic carbocycles. The molecule has 2 amide bonds. The van der Waals surface area contributed by atoms with Gasteiger partial charge in [-0.1, -0.05) is 17.3 Å². The van der Waals surface area contributed by atoms with Gasteiger partial charge < -0.3 is 15.5 Å². The first-order valence-corrected chi connectivity index (χ1v) is 7.20. The van der Waals surface area contributed by atoms with Crippen molar-refractivity contribution in [1.82, 2.24) is 20.3 Å². The van der Waals surface area contributed by atoms with Gasteiger partial charge in [-0.2, -0.15) is 0 Å². The van der Waals surface area contributed by atoms with E-state index >= 15 is 0 Å². The molecule has 0 saturated carbocycles. The number of carbonyl (C=O) groups excluding carboxylic acids is 2. The zero-order chi connectivity index (χ0) is 17.1. The van der Waals surface area contributed by atoms with Crippen LogP contribution in [0.15, 0.2) is 53.5 Å². The Kier molecular flexibility index (Phi) is 4.11. The molecular formula is C16H15N5O3. The van der Waals surface area contributed by atoms with Crippen molar-refractivity contribution in [1.29, 1.82) is 0 Å². The van der Waals surface area contributed by atoms with E-state index in [4.69, 9.17) is 10.2 Å². The second-order valence-electron chi connectivity index (χ2n) is 5.21. The van der Waals surface area contributed by atoms with Crippen LogP contribution in [0.5, 0.6) is 0 Å². The molecule has 3 N–H and O–H groups in total. The van der Waals surface area contributed by atoms with Crippen LogP contribution < -0.4 is 11.1 Å². The number of nitrogens with two attached hydrogens (primary N) is 1. The van der Waals surface area contributed by atoms with E-state index in [2.05, 4.69) is 15.6 Å². The molecule has 0 saturated heterocycles. The van der Waals surface area contributed by atoms with Gasteiger partial charge in [0.05, 0.1) is 29.8 Å². The third-order valence-electron chi connectivity index (χ3n) is 3.53. The van der Waals surface area contributed by atoms with Crippen molar-refractivity contribution in [2.24, 2.45) is 5.73 Å². The Balaban J connectivity index is 1.71. The van der Waals surface area contributed by atoms with Crippen LogP contribution >= 0.6 is 0 Å². The molecular weight excluding hydrogens is 310 g/mol. The van der Waals surface area contributed by atoms with Gasteiger partial charge in [0.15, 0.2) is 5.69 Å². The number of nitrogens with one attached hydrogen (secondary N) is 1. The lowest BCUT2D eigenvalue weighted by molar-refractivity contribution is 0.0938. The van der Waals surface area contributed by atoms with Crippen molar-refractivity contribution in [2.45, 2.75) is 13.0 Å². The standard InChI is InChI=1S/C16H15N5O3/c1-10(18-16(23)12-6-7-24-9-12)11-2-4-13(5-3-11)21-8-14(15(17)22)19-20-21/h2-10H,1H3,(H2,17,22)(H,18,23)/t10-/m1/s1. The molecule has 2 aromatic heterocycles. The molecule has 2 heterocycles. The number of primary amides is 1. The minimum Gasteiger partial charge on any atom is -0.472 e. The van der Waals surface area contributed by atoms with Crippen LogP contribution in [0.25, 0.3) is 5.69 Å². The maximum absolute atomic E-state index is 12.0. The Morgan fingerprint density at radius 2 is 2.00 bits per heavy atom. The molecule has 24 heavy (non-hydrogen) atoms. The van der Waals surface area contributed by atoms with Crippen LogP contribution in [0, 0.1) is 0 Å². The van der Waals surface area contributed by atoms with Crippen molar-refractivity contribution < 1.29 is 14.0 Å². The molecule has 0 aliphatic carbocycles. The van der Waals surface area contributed by atoms with Crippen molar-refractivity contribution in [3.63, 3.8) is 0 Å². The summed E-state index contributed by atoms with van der Waals surface area (Å²) in [7, 11) is 0. The van der Waals surface area contributed by atoms with Gasteiger partial charge in [-0.15, -0.1) is 5.10 Å². The molecule has 0 unspecified atom stereocenters. The van der Waals surface area contributed by atoms with E-state index in [-0.39, 0.29) is 17.6 Å². The summed E-state index contributed by atoms with van der Waals surface area (Å²) in [6, 6.07) is 8.78. The number of furan rings is 1. The normalized spacial score (nSPS) is 11.9. The molecule has 0 aliphatic heterocycles. The summed E-state index contributed by atoms with van der Waals surface area (Å²) in [6.07, 6.45) is 4.31. The highest BCUT2D eigenvalue weighted by molar-refractivity contribution is 5.94. The van der Waals surface area contributed by atoms with Gasteiger partial charge in [0, 0.05) is 0 Å². The maximum Gasteiger partial charge on any atom is 0.270 e. The second kappa shape index (κ2) is 6.37. The monoisotopic (exact) mass is 325 g/mol. The molecule has 0 fully saturated rings. The number of rotatable bonds is 5. The number of hydrogen-bond donors (Lipinski definition) is 2. The quantitative estimate of drug-likeness (QED) is 0.736. The van der Waals surface area contributed by atoms with E-state index in [9.17, 15) is 9.59 Å². The average Bonchev–Trinajstić information content (AvgIpc) is 3.26. The summed E-state index contributed by atoms with van der Waals surface area (Å²) in [4.78, 5) is 23.1. The predicted molar refractivity (Wildman–Crippen MR) is 84.5 cm³/mol. The molecule has 0 bridgehead atoms. The van der Waals surface area contributed by atoms with E-state index in [1.54, 1.807) is 6.07 Å². The number of amides is 2. The summed E-state index contributed by atoms with van der Waals surface area (Å²) < 4.78 is 6.35. The van der Waals surface area contributed by atoms with Gasteiger partial charge in [0.2, 0.25) is 0 Å². The third-order valence-corrected chi connectivity index (χ3v) is 3.53. The minimum atomic E-state index is -0.631. The number of benzene rings is 1. The molecule has 0 aliphatic rings. The van der Waals surface area contributed by atoms with E-state index in [0.29, 0.717) is 5.56 Å². The minimum absolute atomic E-state index is 0.0971. The van der Waals surface area contributed by atoms with Crippen LogP contribution in [0.4, 0.5) is 0 Å². The van der Waals surface area contributed by atoms with Gasteiger partial charge in [-0.3, -0.25) is 9.59 Å². The first kappa shape index (κ1) is 15.5. The van der Waals surface area contributed by atoms with E-state index in [0.717, 1.165) is 11.3 Å². The van der Waals surface area contributed by atoms with Crippen LogP contribution in [-0.2, 0) is 0 Å². The highest BCUT2D eigenvalue weighted by atomic mass is 16.3. The van der Waals surface area contributed by atoms with E-state index in [1.165, 1.54) is 23.4 Å². The van der Waals surface area contributed by atoms with Gasteiger partial charge in [0.25, 0.3) is 11.8 Å². The predicted octanol–water partition coefficient (Wildman–Crippen LogP) is 1.45. The van der Waals surface area contributed by atoms with Crippen molar-refractivity contribution in [3.05, 3.63) is 65.9 Å². The lowest BCUT2D eigenvalue weighted by atomic mass is 10.1. The fraction of sp³-hybridized carbons (Fsp3) is 0.125. The molecule has 3 aromatic rings.